The van der Waals surface area contributed by atoms with Gasteiger partial charge in [-0.3, -0.25) is 0 Å². The standard InChI is InChI=1S/C6H11ClO3S/c1-6(2,5-8)3-4-11(7,9)10/h5H,3-4H2,1-2H3. The molecule has 0 fully saturated rings. The summed E-state index contributed by atoms with van der Waals surface area (Å²) in [5.41, 5.74) is -0.595. The van der Waals surface area contributed by atoms with E-state index in [9.17, 15) is 13.2 Å². The van der Waals surface area contributed by atoms with Crippen molar-refractivity contribution in [2.24, 2.45) is 5.41 Å². The van der Waals surface area contributed by atoms with Crippen LogP contribution in [-0.2, 0) is 13.8 Å². The maximum absolute atomic E-state index is 10.4. The molecule has 0 aromatic heterocycles. The molecule has 66 valence electrons. The monoisotopic (exact) mass is 198 g/mol. The fourth-order valence-electron chi connectivity index (χ4n) is 0.444. The molecular formula is C6H11ClO3S. The van der Waals surface area contributed by atoms with E-state index in [-0.39, 0.29) is 12.2 Å². The van der Waals surface area contributed by atoms with Crippen LogP contribution in [0.1, 0.15) is 20.3 Å². The van der Waals surface area contributed by atoms with E-state index in [1.54, 1.807) is 13.8 Å². The zero-order chi connectivity index (χ0) is 9.12. The van der Waals surface area contributed by atoms with Gasteiger partial charge in [0.25, 0.3) is 0 Å². The highest BCUT2D eigenvalue weighted by Crippen LogP contribution is 2.18. The molecule has 11 heavy (non-hydrogen) atoms. The van der Waals surface area contributed by atoms with Crippen LogP contribution in [0.15, 0.2) is 0 Å². The second-order valence-electron chi connectivity index (χ2n) is 3.10. The second-order valence-corrected chi connectivity index (χ2v) is 6.00. The lowest BCUT2D eigenvalue weighted by Crippen LogP contribution is -2.16. The Kier molecular flexibility index (Phi) is 3.51. The average molecular weight is 199 g/mol. The minimum absolute atomic E-state index is 0.152. The van der Waals surface area contributed by atoms with Crippen molar-refractivity contribution in [3.8, 4) is 0 Å². The molecule has 0 spiro atoms. The third kappa shape index (κ3) is 6.31. The van der Waals surface area contributed by atoms with Crippen LogP contribution in [0.5, 0.6) is 0 Å². The second kappa shape index (κ2) is 3.54. The Hall–Kier alpha value is -0.0900. The molecule has 0 atom stereocenters. The Balaban J connectivity index is 4.00. The molecule has 0 rings (SSSR count). The fourth-order valence-corrected chi connectivity index (χ4v) is 1.45. The number of hydrogen-bond donors (Lipinski definition) is 0. The Morgan fingerprint density at radius 2 is 1.91 bits per heavy atom. The number of aldehydes is 1. The quantitative estimate of drug-likeness (QED) is 0.504. The molecule has 0 N–H and O–H groups in total. The van der Waals surface area contributed by atoms with Gasteiger partial charge >= 0.3 is 0 Å². The minimum atomic E-state index is -3.45. The van der Waals surface area contributed by atoms with Crippen molar-refractivity contribution in [1.82, 2.24) is 0 Å². The normalized spacial score (nSPS) is 13.0. The van der Waals surface area contributed by atoms with Gasteiger partial charge in [-0.05, 0) is 6.42 Å². The lowest BCUT2D eigenvalue weighted by molar-refractivity contribution is -0.114. The van der Waals surface area contributed by atoms with Crippen LogP contribution in [0.25, 0.3) is 0 Å². The molecule has 0 heterocycles. The molecule has 0 aliphatic carbocycles. The molecule has 3 nitrogen and oxygen atoms in total. The molecule has 0 aliphatic heterocycles. The lowest BCUT2D eigenvalue weighted by Gasteiger charge is -2.14. The van der Waals surface area contributed by atoms with Crippen molar-refractivity contribution < 1.29 is 13.2 Å². The Morgan fingerprint density at radius 1 is 1.45 bits per heavy atom. The first-order chi connectivity index (χ1) is 4.77. The average Bonchev–Trinajstić information content (AvgIpc) is 1.83. The topological polar surface area (TPSA) is 51.2 Å². The minimum Gasteiger partial charge on any atom is -0.303 e. The number of carbonyl (C=O) groups is 1. The molecule has 0 aliphatic rings. The predicted octanol–water partition coefficient (Wildman–Crippen LogP) is 1.17. The van der Waals surface area contributed by atoms with Crippen LogP contribution in [0, 0.1) is 5.41 Å². The molecule has 0 aromatic rings. The summed E-state index contributed by atoms with van der Waals surface area (Å²) in [6.07, 6.45) is 0.997. The smallest absolute Gasteiger partial charge is 0.232 e. The first kappa shape index (κ1) is 10.9. The maximum atomic E-state index is 10.4. The van der Waals surface area contributed by atoms with Gasteiger partial charge in [-0.2, -0.15) is 0 Å². The first-order valence-corrected chi connectivity index (χ1v) is 5.63. The summed E-state index contributed by atoms with van der Waals surface area (Å²) >= 11 is 0. The third-order valence-electron chi connectivity index (χ3n) is 1.31. The Bertz CT molecular complexity index is 230. The molecule has 0 saturated carbocycles. The first-order valence-electron chi connectivity index (χ1n) is 3.15. The molecule has 0 radical (unpaired) electrons. The van der Waals surface area contributed by atoms with Crippen molar-refractivity contribution in [3.63, 3.8) is 0 Å². The van der Waals surface area contributed by atoms with Crippen molar-refractivity contribution in [1.29, 1.82) is 0 Å². The van der Waals surface area contributed by atoms with Crippen molar-refractivity contribution >= 4 is 26.0 Å². The van der Waals surface area contributed by atoms with Gasteiger partial charge in [-0.25, -0.2) is 8.42 Å². The van der Waals surface area contributed by atoms with Gasteiger partial charge in [0.05, 0.1) is 5.75 Å². The summed E-state index contributed by atoms with van der Waals surface area (Å²) in [5, 5.41) is 0. The highest BCUT2D eigenvalue weighted by Gasteiger charge is 2.19. The summed E-state index contributed by atoms with van der Waals surface area (Å²) in [6.45, 7) is 3.34. The van der Waals surface area contributed by atoms with Crippen molar-refractivity contribution in [2.45, 2.75) is 20.3 Å². The molecule has 0 unspecified atom stereocenters. The fraction of sp³-hybridized carbons (Fsp3) is 0.833. The van der Waals surface area contributed by atoms with Crippen LogP contribution in [0.3, 0.4) is 0 Å². The summed E-state index contributed by atoms with van der Waals surface area (Å²) in [7, 11) is 1.50. The SMILES string of the molecule is CC(C)(C=O)CCS(=O)(=O)Cl. The van der Waals surface area contributed by atoms with E-state index >= 15 is 0 Å². The Morgan fingerprint density at radius 3 is 2.18 bits per heavy atom. The summed E-state index contributed by atoms with van der Waals surface area (Å²) in [5.74, 6) is -0.152. The van der Waals surface area contributed by atoms with E-state index in [1.165, 1.54) is 0 Å². The van der Waals surface area contributed by atoms with Crippen molar-refractivity contribution in [2.75, 3.05) is 5.75 Å². The largest absolute Gasteiger partial charge is 0.303 e. The predicted molar refractivity (Wildman–Crippen MR) is 44.1 cm³/mol. The highest BCUT2D eigenvalue weighted by molar-refractivity contribution is 8.13. The van der Waals surface area contributed by atoms with E-state index in [1.807, 2.05) is 0 Å². The molecular weight excluding hydrogens is 188 g/mol. The molecule has 0 bridgehead atoms. The highest BCUT2D eigenvalue weighted by atomic mass is 35.7. The lowest BCUT2D eigenvalue weighted by atomic mass is 9.93. The van der Waals surface area contributed by atoms with Crippen LogP contribution in [-0.4, -0.2) is 20.5 Å². The van der Waals surface area contributed by atoms with Crippen LogP contribution in [0.2, 0.25) is 0 Å². The molecule has 0 saturated heterocycles. The van der Waals surface area contributed by atoms with E-state index in [4.69, 9.17) is 10.7 Å². The van der Waals surface area contributed by atoms with Gasteiger partial charge in [0.2, 0.25) is 9.05 Å². The van der Waals surface area contributed by atoms with Crippen LogP contribution < -0.4 is 0 Å². The zero-order valence-electron chi connectivity index (χ0n) is 6.50. The number of rotatable bonds is 4. The van der Waals surface area contributed by atoms with E-state index in [2.05, 4.69) is 0 Å². The van der Waals surface area contributed by atoms with E-state index in [0.29, 0.717) is 0 Å². The van der Waals surface area contributed by atoms with Crippen molar-refractivity contribution in [3.05, 3.63) is 0 Å². The van der Waals surface area contributed by atoms with Gasteiger partial charge < -0.3 is 4.79 Å². The number of hydrogen-bond acceptors (Lipinski definition) is 3. The van der Waals surface area contributed by atoms with Gasteiger partial charge in [0.15, 0.2) is 0 Å². The third-order valence-corrected chi connectivity index (χ3v) is 2.46. The summed E-state index contributed by atoms with van der Waals surface area (Å²) in [6, 6.07) is 0. The van der Waals surface area contributed by atoms with Gasteiger partial charge in [-0.15, -0.1) is 0 Å². The zero-order valence-corrected chi connectivity index (χ0v) is 8.07. The molecule has 0 aromatic carbocycles. The van der Waals surface area contributed by atoms with E-state index in [0.717, 1.165) is 6.29 Å². The van der Waals surface area contributed by atoms with Crippen LogP contribution in [0.4, 0.5) is 0 Å². The van der Waals surface area contributed by atoms with Gasteiger partial charge in [0, 0.05) is 16.1 Å². The van der Waals surface area contributed by atoms with Gasteiger partial charge in [0.1, 0.15) is 6.29 Å². The number of carbonyl (C=O) groups excluding carboxylic acids is 1. The number of halogens is 1. The van der Waals surface area contributed by atoms with Crippen LogP contribution >= 0.6 is 10.7 Å². The molecule has 5 heteroatoms. The Labute approximate surface area is 71.2 Å². The summed E-state index contributed by atoms with van der Waals surface area (Å²) in [4.78, 5) is 10.3. The maximum Gasteiger partial charge on any atom is 0.232 e. The van der Waals surface area contributed by atoms with E-state index < -0.39 is 14.5 Å². The molecule has 0 amide bonds. The summed E-state index contributed by atoms with van der Waals surface area (Å²) < 4.78 is 20.9. The van der Waals surface area contributed by atoms with Gasteiger partial charge in [-0.1, -0.05) is 13.8 Å².